The molecule has 3 heterocycles. The topological polar surface area (TPSA) is 65.0 Å². The minimum absolute atomic E-state index is 0.556. The fourth-order valence-electron chi connectivity index (χ4n) is 6.68. The van der Waals surface area contributed by atoms with Crippen molar-refractivity contribution in [3.8, 4) is 33.9 Å². The summed E-state index contributed by atoms with van der Waals surface area (Å²) in [5.41, 5.74) is 7.03. The van der Waals surface area contributed by atoms with E-state index in [-0.39, 0.29) is 0 Å². The summed E-state index contributed by atoms with van der Waals surface area (Å²) in [7, 11) is 0. The van der Waals surface area contributed by atoms with Gasteiger partial charge in [0.1, 0.15) is 28.2 Å². The number of hydrogen-bond acceptors (Lipinski definition) is 5. The van der Waals surface area contributed by atoms with Crippen molar-refractivity contribution in [1.82, 2.24) is 15.0 Å². The number of furan rings is 2. The van der Waals surface area contributed by atoms with Crippen molar-refractivity contribution in [1.29, 1.82) is 0 Å². The van der Waals surface area contributed by atoms with Crippen LogP contribution in [0.5, 0.6) is 0 Å². The molecule has 0 saturated heterocycles. The molecule has 3 aromatic heterocycles. The van der Waals surface area contributed by atoms with E-state index >= 15 is 0 Å². The van der Waals surface area contributed by atoms with Gasteiger partial charge in [0.05, 0.1) is 0 Å². The van der Waals surface area contributed by atoms with E-state index in [0.29, 0.717) is 23.9 Å². The number of hydrogen-bond donors (Lipinski definition) is 0. The molecule has 9 rings (SSSR count). The second-order valence-corrected chi connectivity index (χ2v) is 12.0. The summed E-state index contributed by atoms with van der Waals surface area (Å²) in [6, 6.07) is 41.4. The molecule has 232 valence electrons. The van der Waals surface area contributed by atoms with Crippen LogP contribution in [0, 0.1) is 0 Å². The van der Waals surface area contributed by atoms with Crippen molar-refractivity contribution in [3.63, 3.8) is 0 Å². The molecule has 0 atom stereocenters. The van der Waals surface area contributed by atoms with Gasteiger partial charge in [-0.3, -0.25) is 0 Å². The highest BCUT2D eigenvalue weighted by atomic mass is 16.3. The summed E-state index contributed by atoms with van der Waals surface area (Å²) in [5, 5.41) is 6.46. The Morgan fingerprint density at radius 3 is 2.02 bits per heavy atom. The van der Waals surface area contributed by atoms with Crippen LogP contribution in [-0.2, 0) is 6.42 Å². The Balaban J connectivity index is 1.23. The Bertz CT molecular complexity index is 2770. The molecule has 0 saturated carbocycles. The normalized spacial score (nSPS) is 12.1. The largest absolute Gasteiger partial charge is 0.455 e. The van der Waals surface area contributed by atoms with Gasteiger partial charge in [-0.15, -0.1) is 0 Å². The van der Waals surface area contributed by atoms with Crippen molar-refractivity contribution in [3.05, 3.63) is 164 Å². The molecule has 0 bridgehead atoms. The fraction of sp³-hybridized carbons (Fsp3) is 0.0227. The zero-order valence-corrected chi connectivity index (χ0v) is 26.5. The van der Waals surface area contributed by atoms with E-state index in [2.05, 4.69) is 85.4 Å². The van der Waals surface area contributed by atoms with Crippen molar-refractivity contribution >= 4 is 54.6 Å². The SMILES string of the molecule is C=C/C=C\C=C/Cc1nc(-c2ccccc2)nc(-c2cccc3oc4c(-c5cccc6c5oc5cc7ccccc7cc56)cccc4c23)n1. The summed E-state index contributed by atoms with van der Waals surface area (Å²) in [4.78, 5) is 14.8. The molecule has 0 spiro atoms. The molecule has 0 N–H and O–H groups in total. The van der Waals surface area contributed by atoms with Crippen LogP contribution in [-0.4, -0.2) is 15.0 Å². The van der Waals surface area contributed by atoms with Crippen LogP contribution in [0.2, 0.25) is 0 Å². The molecule has 0 unspecified atom stereocenters. The number of aromatic nitrogens is 3. The first-order valence-corrected chi connectivity index (χ1v) is 16.3. The summed E-state index contributed by atoms with van der Waals surface area (Å²) >= 11 is 0. The number of allylic oxidation sites excluding steroid dienone is 5. The standard InChI is InChI=1S/C44H29N3O2/c1-2-3-4-5-9-25-39-45-43(28-15-7-6-8-16-28)47-44(46-39)35-23-14-24-37-40(35)34-22-13-20-32(42(34)48-37)31-19-12-21-33-36-26-29-17-10-11-18-30(29)27-38(36)49-41(31)33/h2-24,26-27H,1,25H2/b4-3-,9-5-. The van der Waals surface area contributed by atoms with E-state index in [1.54, 1.807) is 6.08 Å². The Kier molecular flexibility index (Phi) is 6.95. The monoisotopic (exact) mass is 631 g/mol. The second-order valence-electron chi connectivity index (χ2n) is 12.0. The molecular formula is C44H29N3O2. The summed E-state index contributed by atoms with van der Waals surface area (Å²) in [6.45, 7) is 3.74. The Morgan fingerprint density at radius 2 is 1.20 bits per heavy atom. The van der Waals surface area contributed by atoms with Crippen LogP contribution in [0.3, 0.4) is 0 Å². The van der Waals surface area contributed by atoms with Crippen LogP contribution in [0.1, 0.15) is 5.82 Å². The first-order valence-electron chi connectivity index (χ1n) is 16.3. The van der Waals surface area contributed by atoms with Gasteiger partial charge in [-0.05, 0) is 29.0 Å². The molecule has 5 heteroatoms. The van der Waals surface area contributed by atoms with E-state index < -0.39 is 0 Å². The maximum atomic E-state index is 6.69. The van der Waals surface area contributed by atoms with Crippen LogP contribution in [0.4, 0.5) is 0 Å². The summed E-state index contributed by atoms with van der Waals surface area (Å²) < 4.78 is 13.3. The summed E-state index contributed by atoms with van der Waals surface area (Å²) in [6.07, 6.45) is 10.1. The molecule has 5 nitrogen and oxygen atoms in total. The Morgan fingerprint density at radius 1 is 0.531 bits per heavy atom. The molecule has 0 radical (unpaired) electrons. The van der Waals surface area contributed by atoms with Crippen molar-refractivity contribution in [2.75, 3.05) is 0 Å². The summed E-state index contributed by atoms with van der Waals surface area (Å²) in [5.74, 6) is 1.91. The van der Waals surface area contributed by atoms with E-state index in [4.69, 9.17) is 23.8 Å². The number of nitrogens with zero attached hydrogens (tertiary/aromatic N) is 3. The Hall–Kier alpha value is -6.59. The van der Waals surface area contributed by atoms with Crippen LogP contribution in [0.25, 0.3) is 88.6 Å². The molecule has 9 aromatic rings. The van der Waals surface area contributed by atoms with E-state index in [9.17, 15) is 0 Å². The third kappa shape index (κ3) is 5.00. The van der Waals surface area contributed by atoms with E-state index in [1.807, 2.05) is 66.8 Å². The molecule has 0 amide bonds. The highest BCUT2D eigenvalue weighted by molar-refractivity contribution is 6.18. The number of fused-ring (bicyclic) bond motifs is 7. The van der Waals surface area contributed by atoms with Gasteiger partial charge in [0.2, 0.25) is 0 Å². The fourth-order valence-corrected chi connectivity index (χ4v) is 6.68. The highest BCUT2D eigenvalue weighted by Crippen LogP contribution is 2.43. The maximum absolute atomic E-state index is 6.69. The van der Waals surface area contributed by atoms with E-state index in [1.165, 1.54) is 5.39 Å². The minimum Gasteiger partial charge on any atom is -0.455 e. The van der Waals surface area contributed by atoms with Crippen LogP contribution >= 0.6 is 0 Å². The molecule has 0 fully saturated rings. The van der Waals surface area contributed by atoms with Gasteiger partial charge >= 0.3 is 0 Å². The van der Waals surface area contributed by atoms with Crippen LogP contribution in [0.15, 0.2) is 167 Å². The van der Waals surface area contributed by atoms with Crippen molar-refractivity contribution in [2.24, 2.45) is 0 Å². The zero-order valence-electron chi connectivity index (χ0n) is 26.5. The third-order valence-electron chi connectivity index (χ3n) is 8.93. The number of para-hydroxylation sites is 2. The number of benzene rings is 6. The van der Waals surface area contributed by atoms with Gasteiger partial charge in [0.15, 0.2) is 11.6 Å². The van der Waals surface area contributed by atoms with Gasteiger partial charge in [0, 0.05) is 50.2 Å². The average Bonchev–Trinajstić information content (AvgIpc) is 3.72. The van der Waals surface area contributed by atoms with E-state index in [0.717, 1.165) is 71.5 Å². The lowest BCUT2D eigenvalue weighted by atomic mass is 9.98. The van der Waals surface area contributed by atoms with Gasteiger partial charge in [-0.2, -0.15) is 0 Å². The first kappa shape index (κ1) is 28.6. The molecule has 0 aliphatic heterocycles. The third-order valence-corrected chi connectivity index (χ3v) is 8.93. The molecule has 6 aromatic carbocycles. The smallest absolute Gasteiger partial charge is 0.164 e. The van der Waals surface area contributed by atoms with Crippen molar-refractivity contribution in [2.45, 2.75) is 6.42 Å². The van der Waals surface area contributed by atoms with Gasteiger partial charge in [0.25, 0.3) is 0 Å². The molecule has 49 heavy (non-hydrogen) atoms. The second kappa shape index (κ2) is 11.9. The maximum Gasteiger partial charge on any atom is 0.164 e. The lowest BCUT2D eigenvalue weighted by Crippen LogP contribution is -2.02. The lowest BCUT2D eigenvalue weighted by Gasteiger charge is -2.08. The molecule has 0 aliphatic carbocycles. The average molecular weight is 632 g/mol. The zero-order chi connectivity index (χ0) is 32.7. The van der Waals surface area contributed by atoms with Gasteiger partial charge < -0.3 is 8.83 Å². The predicted octanol–water partition coefficient (Wildman–Crippen LogP) is 11.7. The molecular weight excluding hydrogens is 603 g/mol. The number of rotatable bonds is 7. The Labute approximate surface area is 282 Å². The first-order chi connectivity index (χ1) is 24.2. The lowest BCUT2D eigenvalue weighted by molar-refractivity contribution is 0.665. The van der Waals surface area contributed by atoms with Gasteiger partial charge in [-0.1, -0.05) is 140 Å². The minimum atomic E-state index is 0.556. The highest BCUT2D eigenvalue weighted by Gasteiger charge is 2.21. The molecule has 0 aliphatic rings. The predicted molar refractivity (Wildman–Crippen MR) is 200 cm³/mol. The van der Waals surface area contributed by atoms with Crippen LogP contribution < -0.4 is 0 Å². The quantitative estimate of drug-likeness (QED) is 0.164. The van der Waals surface area contributed by atoms with Gasteiger partial charge in [-0.25, -0.2) is 15.0 Å². The van der Waals surface area contributed by atoms with Crippen molar-refractivity contribution < 1.29 is 8.83 Å².